The van der Waals surface area contributed by atoms with Crippen LogP contribution in [0.5, 0.6) is 5.75 Å². The van der Waals surface area contributed by atoms with E-state index >= 15 is 0 Å². The van der Waals surface area contributed by atoms with Crippen molar-refractivity contribution in [2.75, 3.05) is 13.2 Å². The van der Waals surface area contributed by atoms with E-state index < -0.39 is 0 Å². The molecule has 2 N–H and O–H groups in total. The highest BCUT2D eigenvalue weighted by Gasteiger charge is 2.01. The highest BCUT2D eigenvalue weighted by atomic mass is 35.5. The van der Waals surface area contributed by atoms with Gasteiger partial charge in [-0.05, 0) is 31.2 Å². The summed E-state index contributed by atoms with van der Waals surface area (Å²) in [5.41, 5.74) is 0. The van der Waals surface area contributed by atoms with Gasteiger partial charge in [-0.25, -0.2) is 4.98 Å². The van der Waals surface area contributed by atoms with Crippen molar-refractivity contribution in [1.29, 1.82) is 0 Å². The Kier molecular flexibility index (Phi) is 5.51. The van der Waals surface area contributed by atoms with Crippen molar-refractivity contribution >= 4 is 23.2 Å². The van der Waals surface area contributed by atoms with Crippen molar-refractivity contribution in [3.05, 3.63) is 46.5 Å². The summed E-state index contributed by atoms with van der Waals surface area (Å²) in [4.78, 5) is 7.15. The molecular weight excluding hydrogens is 285 g/mol. The largest absolute Gasteiger partial charge is 0.492 e. The van der Waals surface area contributed by atoms with Gasteiger partial charge in [0.25, 0.3) is 0 Å². The van der Waals surface area contributed by atoms with E-state index in [1.54, 1.807) is 24.4 Å². The van der Waals surface area contributed by atoms with E-state index in [9.17, 15) is 0 Å². The van der Waals surface area contributed by atoms with Gasteiger partial charge in [-0.3, -0.25) is 0 Å². The Morgan fingerprint density at radius 3 is 2.95 bits per heavy atom. The van der Waals surface area contributed by atoms with Crippen LogP contribution in [0.1, 0.15) is 12.2 Å². The number of nitrogens with one attached hydrogen (secondary N) is 2. The van der Waals surface area contributed by atoms with E-state index in [1.807, 2.05) is 6.20 Å². The second-order valence-electron chi connectivity index (χ2n) is 3.99. The maximum atomic E-state index is 6.00. The number of rotatable bonds is 7. The van der Waals surface area contributed by atoms with Gasteiger partial charge in [-0.1, -0.05) is 23.2 Å². The van der Waals surface area contributed by atoms with Gasteiger partial charge in [0.2, 0.25) is 0 Å². The predicted molar refractivity (Wildman–Crippen MR) is 76.9 cm³/mol. The van der Waals surface area contributed by atoms with Gasteiger partial charge in [0.05, 0.1) is 18.2 Å². The number of halogens is 2. The van der Waals surface area contributed by atoms with Gasteiger partial charge >= 0.3 is 0 Å². The highest BCUT2D eigenvalue weighted by Crippen LogP contribution is 2.27. The molecule has 1 heterocycles. The third-order valence-electron chi connectivity index (χ3n) is 2.50. The number of hydrogen-bond acceptors (Lipinski definition) is 3. The summed E-state index contributed by atoms with van der Waals surface area (Å²) in [6, 6.07) is 5.21. The molecule has 0 atom stereocenters. The van der Waals surface area contributed by atoms with E-state index in [-0.39, 0.29) is 0 Å². The maximum Gasteiger partial charge on any atom is 0.137 e. The topological polar surface area (TPSA) is 49.9 Å². The minimum Gasteiger partial charge on any atom is -0.492 e. The summed E-state index contributed by atoms with van der Waals surface area (Å²) in [6.07, 6.45) is 4.44. The van der Waals surface area contributed by atoms with Crippen LogP contribution in [0.2, 0.25) is 10.0 Å². The fraction of sp³-hybridized carbons (Fsp3) is 0.308. The SMILES string of the molecule is Clc1ccc(OCCCNCc2ncc[nH]2)c(Cl)c1. The Morgan fingerprint density at radius 2 is 2.21 bits per heavy atom. The molecule has 0 bridgehead atoms. The first-order chi connectivity index (χ1) is 9.25. The molecule has 0 saturated carbocycles. The number of benzene rings is 1. The highest BCUT2D eigenvalue weighted by molar-refractivity contribution is 6.35. The molecule has 0 radical (unpaired) electrons. The number of ether oxygens (including phenoxy) is 1. The van der Waals surface area contributed by atoms with E-state index in [1.165, 1.54) is 0 Å². The van der Waals surface area contributed by atoms with Crippen LogP contribution >= 0.6 is 23.2 Å². The number of hydrogen-bond donors (Lipinski definition) is 2. The Hall–Kier alpha value is -1.23. The molecule has 0 aliphatic carbocycles. The molecule has 102 valence electrons. The first kappa shape index (κ1) is 14.2. The lowest BCUT2D eigenvalue weighted by Crippen LogP contribution is -2.17. The molecule has 0 aliphatic heterocycles. The summed E-state index contributed by atoms with van der Waals surface area (Å²) in [7, 11) is 0. The smallest absolute Gasteiger partial charge is 0.137 e. The molecule has 0 aliphatic rings. The summed E-state index contributed by atoms with van der Waals surface area (Å²) in [5.74, 6) is 1.60. The third-order valence-corrected chi connectivity index (χ3v) is 3.03. The van der Waals surface area contributed by atoms with Crippen molar-refractivity contribution in [3.63, 3.8) is 0 Å². The molecule has 1 aromatic heterocycles. The molecule has 0 amide bonds. The normalized spacial score (nSPS) is 10.6. The molecular formula is C13H15Cl2N3O. The standard InChI is InChI=1S/C13H15Cl2N3O/c14-10-2-3-12(11(15)8-10)19-7-1-4-16-9-13-17-5-6-18-13/h2-3,5-6,8,16H,1,4,7,9H2,(H,17,18). The van der Waals surface area contributed by atoms with Crippen LogP contribution in [-0.2, 0) is 6.54 Å². The fourth-order valence-electron chi connectivity index (χ4n) is 1.57. The van der Waals surface area contributed by atoms with Crippen molar-refractivity contribution in [2.45, 2.75) is 13.0 Å². The molecule has 2 rings (SSSR count). The minimum absolute atomic E-state index is 0.538. The van der Waals surface area contributed by atoms with E-state index in [4.69, 9.17) is 27.9 Å². The van der Waals surface area contributed by atoms with Crippen molar-refractivity contribution in [3.8, 4) is 5.75 Å². The van der Waals surface area contributed by atoms with Crippen LogP contribution in [-0.4, -0.2) is 23.1 Å². The lowest BCUT2D eigenvalue weighted by molar-refractivity contribution is 0.308. The monoisotopic (exact) mass is 299 g/mol. The molecule has 19 heavy (non-hydrogen) atoms. The zero-order valence-corrected chi connectivity index (χ0v) is 11.8. The fourth-order valence-corrected chi connectivity index (χ4v) is 2.04. The lowest BCUT2D eigenvalue weighted by atomic mass is 10.3. The van der Waals surface area contributed by atoms with E-state index in [0.29, 0.717) is 22.4 Å². The predicted octanol–water partition coefficient (Wildman–Crippen LogP) is 3.28. The average molecular weight is 300 g/mol. The molecule has 4 nitrogen and oxygen atoms in total. The number of aromatic amines is 1. The Labute approximate surface area is 122 Å². The summed E-state index contributed by atoms with van der Waals surface area (Å²) < 4.78 is 5.58. The molecule has 0 saturated heterocycles. The van der Waals surface area contributed by atoms with Crippen LogP contribution in [0.4, 0.5) is 0 Å². The maximum absolute atomic E-state index is 6.00. The van der Waals surface area contributed by atoms with Crippen LogP contribution in [0.3, 0.4) is 0 Å². The van der Waals surface area contributed by atoms with Gasteiger partial charge in [-0.15, -0.1) is 0 Å². The van der Waals surface area contributed by atoms with Gasteiger partial charge in [-0.2, -0.15) is 0 Å². The number of nitrogens with zero attached hydrogens (tertiary/aromatic N) is 1. The Bertz CT molecular complexity index is 503. The second-order valence-corrected chi connectivity index (χ2v) is 4.83. The van der Waals surface area contributed by atoms with Crippen molar-refractivity contribution < 1.29 is 4.74 Å². The van der Waals surface area contributed by atoms with Gasteiger partial charge in [0, 0.05) is 17.4 Å². The van der Waals surface area contributed by atoms with E-state index in [2.05, 4.69) is 15.3 Å². The van der Waals surface area contributed by atoms with Gasteiger partial charge in [0.1, 0.15) is 11.6 Å². The zero-order chi connectivity index (χ0) is 13.5. The first-order valence-corrected chi connectivity index (χ1v) is 6.78. The third kappa shape index (κ3) is 4.74. The Balaban J connectivity index is 1.61. The van der Waals surface area contributed by atoms with Crippen molar-refractivity contribution in [2.24, 2.45) is 0 Å². The van der Waals surface area contributed by atoms with Crippen LogP contribution < -0.4 is 10.1 Å². The molecule has 6 heteroatoms. The summed E-state index contributed by atoms with van der Waals surface area (Å²) in [6.45, 7) is 2.19. The molecule has 2 aromatic rings. The first-order valence-electron chi connectivity index (χ1n) is 6.02. The molecule has 0 spiro atoms. The van der Waals surface area contributed by atoms with Gasteiger partial charge in [0.15, 0.2) is 0 Å². The second kappa shape index (κ2) is 7.38. The molecule has 0 fully saturated rings. The van der Waals surface area contributed by atoms with Gasteiger partial charge < -0.3 is 15.0 Å². The number of aromatic nitrogens is 2. The van der Waals surface area contributed by atoms with Crippen molar-refractivity contribution in [1.82, 2.24) is 15.3 Å². The minimum atomic E-state index is 0.538. The summed E-state index contributed by atoms with van der Waals surface area (Å²) >= 11 is 11.8. The summed E-state index contributed by atoms with van der Waals surface area (Å²) in [5, 5.41) is 4.42. The van der Waals surface area contributed by atoms with Crippen LogP contribution in [0.15, 0.2) is 30.6 Å². The number of imidazole rings is 1. The number of H-pyrrole nitrogens is 1. The average Bonchev–Trinajstić information content (AvgIpc) is 2.89. The molecule has 0 unspecified atom stereocenters. The zero-order valence-electron chi connectivity index (χ0n) is 10.3. The quantitative estimate of drug-likeness (QED) is 0.772. The lowest BCUT2D eigenvalue weighted by Gasteiger charge is -2.08. The van der Waals surface area contributed by atoms with Crippen LogP contribution in [0.25, 0.3) is 0 Å². The molecule has 1 aromatic carbocycles. The van der Waals surface area contributed by atoms with Crippen LogP contribution in [0, 0.1) is 0 Å². The Morgan fingerprint density at radius 1 is 1.32 bits per heavy atom. The van der Waals surface area contributed by atoms with E-state index in [0.717, 1.165) is 25.3 Å².